The molecule has 0 aromatic heterocycles. The van der Waals surface area contributed by atoms with Gasteiger partial charge in [-0.25, -0.2) is 0 Å². The molecule has 4 nitrogen and oxygen atoms in total. The fraction of sp³-hybridized carbons (Fsp3) is 0.375. The molecule has 2 rings (SSSR count). The summed E-state index contributed by atoms with van der Waals surface area (Å²) in [5.74, 6) is -0.420. The Labute approximate surface area is 129 Å². The molecule has 1 aromatic carbocycles. The fourth-order valence-electron chi connectivity index (χ4n) is 2.38. The van der Waals surface area contributed by atoms with Crippen molar-refractivity contribution in [1.82, 2.24) is 10.9 Å². The van der Waals surface area contributed by atoms with E-state index in [4.69, 9.17) is 11.6 Å². The first-order valence-corrected chi connectivity index (χ1v) is 7.56. The number of amides is 2. The van der Waals surface area contributed by atoms with Gasteiger partial charge in [-0.15, -0.1) is 0 Å². The summed E-state index contributed by atoms with van der Waals surface area (Å²) < 4.78 is 0. The molecule has 0 heterocycles. The van der Waals surface area contributed by atoms with Crippen LogP contribution in [-0.2, 0) is 9.59 Å². The molecule has 0 bridgehead atoms. The van der Waals surface area contributed by atoms with Gasteiger partial charge in [-0.05, 0) is 36.6 Å². The zero-order valence-electron chi connectivity index (χ0n) is 11.8. The van der Waals surface area contributed by atoms with E-state index in [0.717, 1.165) is 31.2 Å². The molecule has 1 aliphatic carbocycles. The maximum Gasteiger partial charge on any atom is 0.262 e. The van der Waals surface area contributed by atoms with Crippen LogP contribution < -0.4 is 10.9 Å². The van der Waals surface area contributed by atoms with Gasteiger partial charge in [0, 0.05) is 17.0 Å². The molecule has 1 saturated carbocycles. The minimum Gasteiger partial charge on any atom is -0.273 e. The van der Waals surface area contributed by atoms with E-state index in [9.17, 15) is 9.59 Å². The standard InChI is InChI=1S/C16H19ClN2O2/c17-14-9-6-12(7-10-14)8-11-15(20)18-19-16(21)13-4-2-1-3-5-13/h6-11,13H,1-5H2,(H,18,20)(H,19,21)/b11-8+. The molecule has 21 heavy (non-hydrogen) atoms. The zero-order valence-corrected chi connectivity index (χ0v) is 12.5. The minimum absolute atomic E-state index is 0.0271. The van der Waals surface area contributed by atoms with E-state index in [1.54, 1.807) is 18.2 Å². The summed E-state index contributed by atoms with van der Waals surface area (Å²) in [5, 5.41) is 0.649. The van der Waals surface area contributed by atoms with Crippen molar-refractivity contribution in [2.45, 2.75) is 32.1 Å². The van der Waals surface area contributed by atoms with Crippen molar-refractivity contribution in [2.24, 2.45) is 5.92 Å². The lowest BCUT2D eigenvalue weighted by Crippen LogP contribution is -2.44. The van der Waals surface area contributed by atoms with Crippen LogP contribution in [0.15, 0.2) is 30.3 Å². The SMILES string of the molecule is O=C(/C=C/c1ccc(Cl)cc1)NNC(=O)C1CCCCC1. The van der Waals surface area contributed by atoms with Crippen LogP contribution in [0.4, 0.5) is 0 Å². The van der Waals surface area contributed by atoms with Gasteiger partial charge in [0.1, 0.15) is 0 Å². The molecule has 5 heteroatoms. The highest BCUT2D eigenvalue weighted by molar-refractivity contribution is 6.30. The van der Waals surface area contributed by atoms with Gasteiger partial charge in [0.05, 0.1) is 0 Å². The molecule has 0 aliphatic heterocycles. The van der Waals surface area contributed by atoms with Crippen molar-refractivity contribution < 1.29 is 9.59 Å². The number of halogens is 1. The number of hydrogen-bond donors (Lipinski definition) is 2. The lowest BCUT2D eigenvalue weighted by atomic mass is 9.89. The maximum absolute atomic E-state index is 11.8. The lowest BCUT2D eigenvalue weighted by Gasteiger charge is -2.20. The van der Waals surface area contributed by atoms with E-state index in [-0.39, 0.29) is 17.7 Å². The van der Waals surface area contributed by atoms with Gasteiger partial charge in [-0.1, -0.05) is 43.0 Å². The molecule has 0 atom stereocenters. The van der Waals surface area contributed by atoms with Crippen molar-refractivity contribution in [3.8, 4) is 0 Å². The summed E-state index contributed by atoms with van der Waals surface area (Å²) in [4.78, 5) is 23.5. The molecule has 0 saturated heterocycles. The van der Waals surface area contributed by atoms with Gasteiger partial charge in [-0.3, -0.25) is 20.4 Å². The third-order valence-corrected chi connectivity index (χ3v) is 3.83. The molecule has 2 N–H and O–H groups in total. The van der Waals surface area contributed by atoms with Crippen LogP contribution in [0.5, 0.6) is 0 Å². The van der Waals surface area contributed by atoms with Gasteiger partial charge in [0.15, 0.2) is 0 Å². The summed E-state index contributed by atoms with van der Waals surface area (Å²) >= 11 is 5.78. The van der Waals surface area contributed by atoms with E-state index in [0.29, 0.717) is 5.02 Å². The van der Waals surface area contributed by atoms with Crippen LogP contribution in [0.2, 0.25) is 5.02 Å². The average Bonchev–Trinajstić information content (AvgIpc) is 2.53. The Morgan fingerprint density at radius 2 is 1.71 bits per heavy atom. The molecule has 0 spiro atoms. The van der Waals surface area contributed by atoms with Crippen molar-refractivity contribution in [3.63, 3.8) is 0 Å². The number of hydrazine groups is 1. The Morgan fingerprint density at radius 1 is 1.05 bits per heavy atom. The highest BCUT2D eigenvalue weighted by Crippen LogP contribution is 2.23. The number of hydrogen-bond acceptors (Lipinski definition) is 2. The van der Waals surface area contributed by atoms with Crippen LogP contribution in [-0.4, -0.2) is 11.8 Å². The predicted octanol–water partition coefficient (Wildman–Crippen LogP) is 3.08. The quantitative estimate of drug-likeness (QED) is 0.666. The average molecular weight is 307 g/mol. The lowest BCUT2D eigenvalue weighted by molar-refractivity contribution is -0.130. The Balaban J connectivity index is 1.76. The van der Waals surface area contributed by atoms with Gasteiger partial charge in [0.25, 0.3) is 5.91 Å². The van der Waals surface area contributed by atoms with Crippen LogP contribution in [0.1, 0.15) is 37.7 Å². The second-order valence-corrected chi connectivity index (χ2v) is 5.63. The topological polar surface area (TPSA) is 58.2 Å². The predicted molar refractivity (Wildman–Crippen MR) is 83.3 cm³/mol. The molecular formula is C16H19ClN2O2. The summed E-state index contributed by atoms with van der Waals surface area (Å²) in [6.45, 7) is 0. The van der Waals surface area contributed by atoms with Gasteiger partial charge >= 0.3 is 0 Å². The summed E-state index contributed by atoms with van der Waals surface area (Å²) in [5.41, 5.74) is 5.77. The Kier molecular flexibility index (Phi) is 5.81. The monoisotopic (exact) mass is 306 g/mol. The Bertz CT molecular complexity index is 520. The number of rotatable bonds is 3. The second-order valence-electron chi connectivity index (χ2n) is 5.20. The largest absolute Gasteiger partial charge is 0.273 e. The van der Waals surface area contributed by atoms with Crippen molar-refractivity contribution in [3.05, 3.63) is 40.9 Å². The number of carbonyl (C=O) groups excluding carboxylic acids is 2. The first-order chi connectivity index (χ1) is 10.1. The highest BCUT2D eigenvalue weighted by atomic mass is 35.5. The minimum atomic E-state index is -0.353. The second kappa shape index (κ2) is 7.84. The van der Waals surface area contributed by atoms with Crippen LogP contribution >= 0.6 is 11.6 Å². The van der Waals surface area contributed by atoms with Crippen molar-refractivity contribution in [1.29, 1.82) is 0 Å². The van der Waals surface area contributed by atoms with Crippen LogP contribution in [0, 0.1) is 5.92 Å². The molecule has 0 unspecified atom stereocenters. The van der Waals surface area contributed by atoms with Crippen LogP contribution in [0.3, 0.4) is 0 Å². The van der Waals surface area contributed by atoms with E-state index in [2.05, 4.69) is 10.9 Å². The van der Waals surface area contributed by atoms with Crippen LogP contribution in [0.25, 0.3) is 6.08 Å². The number of carbonyl (C=O) groups is 2. The zero-order chi connectivity index (χ0) is 15.1. The van der Waals surface area contributed by atoms with E-state index < -0.39 is 0 Å². The Hall–Kier alpha value is -1.81. The molecular weight excluding hydrogens is 288 g/mol. The van der Waals surface area contributed by atoms with E-state index in [1.165, 1.54) is 12.5 Å². The van der Waals surface area contributed by atoms with E-state index in [1.807, 2.05) is 12.1 Å². The number of benzene rings is 1. The van der Waals surface area contributed by atoms with Crippen molar-refractivity contribution >= 4 is 29.5 Å². The number of nitrogens with one attached hydrogen (secondary N) is 2. The summed E-state index contributed by atoms with van der Waals surface area (Å²) in [6, 6.07) is 7.13. The molecule has 0 radical (unpaired) electrons. The molecule has 112 valence electrons. The van der Waals surface area contributed by atoms with Gasteiger partial charge in [0.2, 0.25) is 5.91 Å². The van der Waals surface area contributed by atoms with E-state index >= 15 is 0 Å². The summed E-state index contributed by atoms with van der Waals surface area (Å²) in [6.07, 6.45) is 8.22. The molecule has 1 aliphatic rings. The molecule has 1 fully saturated rings. The normalized spacial score (nSPS) is 15.9. The maximum atomic E-state index is 11.8. The van der Waals surface area contributed by atoms with Gasteiger partial charge < -0.3 is 0 Å². The molecule has 1 aromatic rings. The van der Waals surface area contributed by atoms with Gasteiger partial charge in [-0.2, -0.15) is 0 Å². The first-order valence-electron chi connectivity index (χ1n) is 7.18. The highest BCUT2D eigenvalue weighted by Gasteiger charge is 2.20. The van der Waals surface area contributed by atoms with Crippen molar-refractivity contribution in [2.75, 3.05) is 0 Å². The third-order valence-electron chi connectivity index (χ3n) is 3.58. The summed E-state index contributed by atoms with van der Waals surface area (Å²) in [7, 11) is 0. The molecule has 2 amide bonds. The Morgan fingerprint density at radius 3 is 2.38 bits per heavy atom. The third kappa shape index (κ3) is 5.23. The first kappa shape index (κ1) is 15.6. The smallest absolute Gasteiger partial charge is 0.262 e. The fourth-order valence-corrected chi connectivity index (χ4v) is 2.50.